The highest BCUT2D eigenvalue weighted by Crippen LogP contribution is 2.25. The lowest BCUT2D eigenvalue weighted by Gasteiger charge is -2.35. The number of likely N-dealkylation sites (N-methyl/N-ethyl adjacent to an activating group) is 1. The van der Waals surface area contributed by atoms with E-state index in [-0.39, 0.29) is 23.8 Å². The quantitative estimate of drug-likeness (QED) is 0.734. The van der Waals surface area contributed by atoms with Gasteiger partial charge in [-0.2, -0.15) is 0 Å². The normalized spacial score (nSPS) is 25.8. The number of hydrogen-bond acceptors (Lipinski definition) is 3. The van der Waals surface area contributed by atoms with Crippen LogP contribution in [0.15, 0.2) is 0 Å². The molecule has 0 aromatic rings. The van der Waals surface area contributed by atoms with E-state index in [1.165, 1.54) is 19.3 Å². The lowest BCUT2D eigenvalue weighted by atomic mass is 9.88. The monoisotopic (exact) mass is 253 g/mol. The number of piperazine rings is 1. The second-order valence-electron chi connectivity index (χ2n) is 5.24. The molecular weight excluding hydrogens is 230 g/mol. The van der Waals surface area contributed by atoms with E-state index in [9.17, 15) is 9.59 Å². The minimum absolute atomic E-state index is 0.0313. The van der Waals surface area contributed by atoms with Gasteiger partial charge in [0.15, 0.2) is 0 Å². The van der Waals surface area contributed by atoms with Crippen LogP contribution in [0.3, 0.4) is 0 Å². The van der Waals surface area contributed by atoms with E-state index in [4.69, 9.17) is 0 Å². The average Bonchev–Trinajstić information content (AvgIpc) is 2.46. The lowest BCUT2D eigenvalue weighted by Crippen LogP contribution is -2.58. The van der Waals surface area contributed by atoms with Crippen LogP contribution in [0.25, 0.3) is 0 Å². The lowest BCUT2D eigenvalue weighted by molar-refractivity contribution is -0.138. The molecule has 1 aliphatic heterocycles. The van der Waals surface area contributed by atoms with Crippen LogP contribution >= 0.6 is 0 Å². The molecule has 102 valence electrons. The molecule has 2 amide bonds. The highest BCUT2D eigenvalue weighted by molar-refractivity contribution is 5.84. The summed E-state index contributed by atoms with van der Waals surface area (Å²) in [6.07, 6.45) is 5.63. The second kappa shape index (κ2) is 6.18. The molecule has 1 heterocycles. The third-order valence-corrected chi connectivity index (χ3v) is 4.00. The molecule has 5 nitrogen and oxygen atoms in total. The molecule has 1 aliphatic carbocycles. The van der Waals surface area contributed by atoms with Crippen molar-refractivity contribution in [2.45, 2.75) is 38.1 Å². The van der Waals surface area contributed by atoms with Crippen molar-refractivity contribution in [1.29, 1.82) is 0 Å². The first-order chi connectivity index (χ1) is 8.72. The van der Waals surface area contributed by atoms with Gasteiger partial charge in [0.05, 0.1) is 0 Å². The van der Waals surface area contributed by atoms with Gasteiger partial charge in [-0.25, -0.2) is 0 Å². The molecule has 1 atom stereocenters. The van der Waals surface area contributed by atoms with Crippen LogP contribution in [0.2, 0.25) is 0 Å². The van der Waals surface area contributed by atoms with E-state index in [0.29, 0.717) is 13.1 Å². The van der Waals surface area contributed by atoms with Gasteiger partial charge in [-0.15, -0.1) is 0 Å². The maximum atomic E-state index is 12.4. The van der Waals surface area contributed by atoms with Gasteiger partial charge < -0.3 is 15.5 Å². The van der Waals surface area contributed by atoms with Crippen molar-refractivity contribution in [2.75, 3.05) is 26.7 Å². The third-order valence-electron chi connectivity index (χ3n) is 4.00. The van der Waals surface area contributed by atoms with Gasteiger partial charge in [-0.1, -0.05) is 19.3 Å². The van der Waals surface area contributed by atoms with Gasteiger partial charge in [0.2, 0.25) is 11.8 Å². The van der Waals surface area contributed by atoms with Crippen molar-refractivity contribution in [2.24, 2.45) is 5.92 Å². The van der Waals surface area contributed by atoms with Crippen LogP contribution in [0.4, 0.5) is 0 Å². The molecule has 1 saturated carbocycles. The summed E-state index contributed by atoms with van der Waals surface area (Å²) in [5.41, 5.74) is 0. The van der Waals surface area contributed by atoms with E-state index in [0.717, 1.165) is 19.4 Å². The Bertz CT molecular complexity index is 313. The van der Waals surface area contributed by atoms with E-state index >= 15 is 0 Å². The summed E-state index contributed by atoms with van der Waals surface area (Å²) in [5, 5.41) is 5.79. The minimum Gasteiger partial charge on any atom is -0.358 e. The Labute approximate surface area is 108 Å². The molecular formula is C13H23N3O2. The van der Waals surface area contributed by atoms with E-state index < -0.39 is 0 Å². The fourth-order valence-electron chi connectivity index (χ4n) is 2.91. The van der Waals surface area contributed by atoms with Gasteiger partial charge >= 0.3 is 0 Å². The molecule has 0 unspecified atom stereocenters. The summed E-state index contributed by atoms with van der Waals surface area (Å²) in [6, 6.07) is -0.253. The maximum absolute atomic E-state index is 12.4. The number of nitrogens with zero attached hydrogens (tertiary/aromatic N) is 1. The van der Waals surface area contributed by atoms with Crippen LogP contribution in [-0.4, -0.2) is 49.4 Å². The largest absolute Gasteiger partial charge is 0.358 e. The molecule has 0 bridgehead atoms. The highest BCUT2D eigenvalue weighted by Gasteiger charge is 2.31. The van der Waals surface area contributed by atoms with E-state index in [1.807, 2.05) is 4.90 Å². The first-order valence-electron chi connectivity index (χ1n) is 6.96. The van der Waals surface area contributed by atoms with Crippen LogP contribution in [0, 0.1) is 5.92 Å². The summed E-state index contributed by atoms with van der Waals surface area (Å²) >= 11 is 0. The molecule has 0 spiro atoms. The number of rotatable bonds is 2. The van der Waals surface area contributed by atoms with Crippen LogP contribution < -0.4 is 10.6 Å². The van der Waals surface area contributed by atoms with E-state index in [2.05, 4.69) is 10.6 Å². The second-order valence-corrected chi connectivity index (χ2v) is 5.24. The average molecular weight is 253 g/mol. The molecule has 2 fully saturated rings. The Morgan fingerprint density at radius 1 is 1.22 bits per heavy atom. The summed E-state index contributed by atoms with van der Waals surface area (Å²) < 4.78 is 0. The third kappa shape index (κ3) is 3.02. The Kier molecular flexibility index (Phi) is 4.58. The molecule has 5 heteroatoms. The van der Waals surface area contributed by atoms with Gasteiger partial charge in [0, 0.05) is 32.6 Å². The zero-order chi connectivity index (χ0) is 13.0. The molecule has 2 aliphatic rings. The topological polar surface area (TPSA) is 61.4 Å². The zero-order valence-corrected chi connectivity index (χ0v) is 11.1. The van der Waals surface area contributed by atoms with Crippen LogP contribution in [-0.2, 0) is 9.59 Å². The zero-order valence-electron chi connectivity index (χ0n) is 11.1. The fourth-order valence-corrected chi connectivity index (χ4v) is 2.91. The predicted molar refractivity (Wildman–Crippen MR) is 69.0 cm³/mol. The molecule has 2 N–H and O–H groups in total. The smallest absolute Gasteiger partial charge is 0.238 e. The molecule has 18 heavy (non-hydrogen) atoms. The molecule has 0 aromatic carbocycles. The maximum Gasteiger partial charge on any atom is 0.238 e. The summed E-state index contributed by atoms with van der Waals surface area (Å²) in [4.78, 5) is 25.8. The first-order valence-corrected chi connectivity index (χ1v) is 6.96. The summed E-state index contributed by atoms with van der Waals surface area (Å²) in [5.74, 6) is 0.420. The van der Waals surface area contributed by atoms with Crippen molar-refractivity contribution in [1.82, 2.24) is 15.5 Å². The Balaban J connectivity index is 1.91. The first kappa shape index (κ1) is 13.3. The Hall–Kier alpha value is -1.10. The van der Waals surface area contributed by atoms with Crippen molar-refractivity contribution in [3.05, 3.63) is 0 Å². The van der Waals surface area contributed by atoms with Gasteiger partial charge in [0.1, 0.15) is 6.04 Å². The number of hydrogen-bond donors (Lipinski definition) is 2. The van der Waals surface area contributed by atoms with Gasteiger partial charge in [0.25, 0.3) is 0 Å². The van der Waals surface area contributed by atoms with E-state index in [1.54, 1.807) is 7.05 Å². The van der Waals surface area contributed by atoms with Crippen molar-refractivity contribution < 1.29 is 9.59 Å². The molecule has 2 rings (SSSR count). The Morgan fingerprint density at radius 2 is 1.94 bits per heavy atom. The SMILES string of the molecule is CNC(=O)[C@@H]1CN(C(=O)C2CCCCC2)CCN1. The highest BCUT2D eigenvalue weighted by atomic mass is 16.2. The number of carbonyl (C=O) groups excluding carboxylic acids is 2. The Morgan fingerprint density at radius 3 is 2.61 bits per heavy atom. The molecule has 0 aromatic heterocycles. The standard InChI is InChI=1S/C13H23N3O2/c1-14-12(17)11-9-16(8-7-15-11)13(18)10-5-3-2-4-6-10/h10-11,15H,2-9H2,1H3,(H,14,17)/t11-/m0/s1. The number of nitrogens with one attached hydrogen (secondary N) is 2. The van der Waals surface area contributed by atoms with Crippen molar-refractivity contribution >= 4 is 11.8 Å². The van der Waals surface area contributed by atoms with Crippen LogP contribution in [0.1, 0.15) is 32.1 Å². The van der Waals surface area contributed by atoms with Crippen molar-refractivity contribution in [3.8, 4) is 0 Å². The molecule has 0 radical (unpaired) electrons. The van der Waals surface area contributed by atoms with Crippen molar-refractivity contribution in [3.63, 3.8) is 0 Å². The van der Waals surface area contributed by atoms with Crippen LogP contribution in [0.5, 0.6) is 0 Å². The fraction of sp³-hybridized carbons (Fsp3) is 0.846. The predicted octanol–water partition coefficient (Wildman–Crippen LogP) is 0.113. The van der Waals surface area contributed by atoms with Gasteiger partial charge in [-0.3, -0.25) is 9.59 Å². The minimum atomic E-state index is -0.253. The summed E-state index contributed by atoms with van der Waals surface area (Å²) in [7, 11) is 1.63. The molecule has 1 saturated heterocycles. The van der Waals surface area contributed by atoms with Gasteiger partial charge in [-0.05, 0) is 12.8 Å². The number of amides is 2. The number of carbonyl (C=O) groups is 2. The summed E-state index contributed by atoms with van der Waals surface area (Å²) in [6.45, 7) is 1.94.